The van der Waals surface area contributed by atoms with Crippen molar-refractivity contribution in [2.24, 2.45) is 11.3 Å². The zero-order valence-corrected chi connectivity index (χ0v) is 12.4. The minimum absolute atomic E-state index is 0.00362. The third kappa shape index (κ3) is 2.71. The average Bonchev–Trinajstić information content (AvgIpc) is 2.24. The quantitative estimate of drug-likeness (QED) is 0.621. The molecule has 0 aromatic rings. The molecule has 1 N–H and O–H groups in total. The van der Waals surface area contributed by atoms with E-state index in [0.29, 0.717) is 0 Å². The Hall–Kier alpha value is -0.560. The van der Waals surface area contributed by atoms with Crippen LogP contribution < -0.4 is 0 Å². The van der Waals surface area contributed by atoms with Crippen molar-refractivity contribution >= 4 is 0 Å². The maximum Gasteiger partial charge on any atom is 0.162 e. The van der Waals surface area contributed by atoms with Crippen LogP contribution >= 0.6 is 0 Å². The first kappa shape index (κ1) is 15.5. The van der Waals surface area contributed by atoms with Crippen LogP contribution in [0.3, 0.4) is 0 Å². The predicted octanol–water partition coefficient (Wildman–Crippen LogP) is 2.57. The zero-order chi connectivity index (χ0) is 14.2. The van der Waals surface area contributed by atoms with E-state index >= 15 is 0 Å². The second-order valence-corrected chi connectivity index (χ2v) is 6.48. The molecule has 3 atom stereocenters. The summed E-state index contributed by atoms with van der Waals surface area (Å²) in [5.74, 6) is 1.98. The highest BCUT2D eigenvalue weighted by atomic mass is 16.7. The van der Waals surface area contributed by atoms with E-state index in [9.17, 15) is 5.11 Å². The van der Waals surface area contributed by atoms with Crippen molar-refractivity contribution < 1.29 is 14.6 Å². The molecule has 1 aliphatic carbocycles. The summed E-state index contributed by atoms with van der Waals surface area (Å²) in [5, 5.41) is 10.6. The van der Waals surface area contributed by atoms with E-state index in [4.69, 9.17) is 15.9 Å². The lowest BCUT2D eigenvalue weighted by atomic mass is 9.60. The summed E-state index contributed by atoms with van der Waals surface area (Å²) < 4.78 is 11.3. The minimum atomic E-state index is -1.07. The van der Waals surface area contributed by atoms with Gasteiger partial charge in [0.05, 0.1) is 6.10 Å². The van der Waals surface area contributed by atoms with E-state index in [0.717, 1.165) is 12.8 Å². The molecule has 18 heavy (non-hydrogen) atoms. The number of terminal acetylenes is 1. The second-order valence-electron chi connectivity index (χ2n) is 6.48. The molecular weight excluding hydrogens is 228 g/mol. The molecule has 3 nitrogen and oxygen atoms in total. The summed E-state index contributed by atoms with van der Waals surface area (Å²) in [7, 11) is 1.63. The van der Waals surface area contributed by atoms with Gasteiger partial charge in [-0.25, -0.2) is 0 Å². The first-order valence-electron chi connectivity index (χ1n) is 6.51. The van der Waals surface area contributed by atoms with Crippen LogP contribution in [0.15, 0.2) is 0 Å². The fraction of sp³-hybridized carbons (Fsp3) is 0.867. The lowest BCUT2D eigenvalue weighted by Gasteiger charge is -2.50. The molecule has 0 aromatic carbocycles. The number of hydrogen-bond donors (Lipinski definition) is 1. The van der Waals surface area contributed by atoms with Gasteiger partial charge in [0.25, 0.3) is 0 Å². The van der Waals surface area contributed by atoms with Gasteiger partial charge in [-0.05, 0) is 32.6 Å². The van der Waals surface area contributed by atoms with Crippen LogP contribution in [-0.2, 0) is 9.47 Å². The highest BCUT2D eigenvalue weighted by Gasteiger charge is 2.52. The van der Waals surface area contributed by atoms with Crippen molar-refractivity contribution in [3.8, 4) is 12.3 Å². The first-order chi connectivity index (χ1) is 8.08. The summed E-state index contributed by atoms with van der Waals surface area (Å²) in [4.78, 5) is 0. The molecule has 1 rings (SSSR count). The number of aliphatic hydroxyl groups is 1. The normalized spacial score (nSPS) is 36.1. The van der Waals surface area contributed by atoms with E-state index < -0.39 is 11.4 Å². The Balaban J connectivity index is 2.86. The maximum atomic E-state index is 10.6. The lowest BCUT2D eigenvalue weighted by Crippen LogP contribution is -2.56. The molecule has 0 heterocycles. The average molecular weight is 254 g/mol. The number of rotatable bonds is 3. The Kier molecular flexibility index (Phi) is 4.17. The summed E-state index contributed by atoms with van der Waals surface area (Å²) in [5.41, 5.74) is -1.43. The maximum absolute atomic E-state index is 10.6. The molecular formula is C15H26O3. The molecule has 1 fully saturated rings. The van der Waals surface area contributed by atoms with Crippen molar-refractivity contribution in [1.82, 2.24) is 0 Å². The van der Waals surface area contributed by atoms with Gasteiger partial charge in [0, 0.05) is 12.5 Å². The standard InChI is InChI=1S/C15H26O3/c1-8-15(16)11(2)9-12(10-13(15,3)4)18-14(5,6)17-7/h1,11-12,16H,9-10H2,2-7H3/t11-,12-,15+/m1/s1. The molecule has 104 valence electrons. The Morgan fingerprint density at radius 3 is 2.33 bits per heavy atom. The van der Waals surface area contributed by atoms with Gasteiger partial charge in [0.2, 0.25) is 0 Å². The number of hydrogen-bond acceptors (Lipinski definition) is 3. The van der Waals surface area contributed by atoms with Gasteiger partial charge < -0.3 is 14.6 Å². The van der Waals surface area contributed by atoms with E-state index in [2.05, 4.69) is 5.92 Å². The van der Waals surface area contributed by atoms with Crippen molar-refractivity contribution in [2.45, 2.75) is 65.0 Å². The second kappa shape index (κ2) is 4.85. The van der Waals surface area contributed by atoms with Gasteiger partial charge in [0.15, 0.2) is 5.79 Å². The highest BCUT2D eigenvalue weighted by Crippen LogP contribution is 2.48. The molecule has 0 unspecified atom stereocenters. The molecule has 0 radical (unpaired) electrons. The third-order valence-corrected chi connectivity index (χ3v) is 4.26. The Morgan fingerprint density at radius 1 is 1.39 bits per heavy atom. The van der Waals surface area contributed by atoms with Crippen LogP contribution in [0.5, 0.6) is 0 Å². The van der Waals surface area contributed by atoms with Crippen LogP contribution in [0.4, 0.5) is 0 Å². The van der Waals surface area contributed by atoms with Crippen molar-refractivity contribution in [2.75, 3.05) is 7.11 Å². The van der Waals surface area contributed by atoms with Crippen molar-refractivity contribution in [3.63, 3.8) is 0 Å². The van der Waals surface area contributed by atoms with Gasteiger partial charge in [-0.2, -0.15) is 0 Å². The van der Waals surface area contributed by atoms with Gasteiger partial charge in [-0.15, -0.1) is 6.42 Å². The summed E-state index contributed by atoms with van der Waals surface area (Å²) >= 11 is 0. The van der Waals surface area contributed by atoms with Crippen LogP contribution in [-0.4, -0.2) is 29.7 Å². The molecule has 1 saturated carbocycles. The predicted molar refractivity (Wildman–Crippen MR) is 71.9 cm³/mol. The largest absolute Gasteiger partial charge is 0.377 e. The fourth-order valence-electron chi connectivity index (χ4n) is 2.92. The third-order valence-electron chi connectivity index (χ3n) is 4.26. The van der Waals surface area contributed by atoms with Crippen LogP contribution in [0.1, 0.15) is 47.5 Å². The Labute approximate surface area is 111 Å². The molecule has 0 aromatic heterocycles. The van der Waals surface area contributed by atoms with Crippen LogP contribution in [0, 0.1) is 23.7 Å². The topological polar surface area (TPSA) is 38.7 Å². The summed E-state index contributed by atoms with van der Waals surface area (Å²) in [6.45, 7) is 9.77. The lowest BCUT2D eigenvalue weighted by molar-refractivity contribution is -0.249. The summed E-state index contributed by atoms with van der Waals surface area (Å²) in [6.07, 6.45) is 7.07. The van der Waals surface area contributed by atoms with E-state index in [1.54, 1.807) is 7.11 Å². The van der Waals surface area contributed by atoms with E-state index in [-0.39, 0.29) is 17.4 Å². The molecule has 1 aliphatic rings. The van der Waals surface area contributed by atoms with Crippen molar-refractivity contribution in [3.05, 3.63) is 0 Å². The van der Waals surface area contributed by atoms with Gasteiger partial charge in [0.1, 0.15) is 5.60 Å². The van der Waals surface area contributed by atoms with Crippen LogP contribution in [0.25, 0.3) is 0 Å². The van der Waals surface area contributed by atoms with Crippen molar-refractivity contribution in [1.29, 1.82) is 0 Å². The smallest absolute Gasteiger partial charge is 0.162 e. The Bertz CT molecular complexity index is 340. The number of methoxy groups -OCH3 is 1. The fourth-order valence-corrected chi connectivity index (χ4v) is 2.92. The van der Waals surface area contributed by atoms with Gasteiger partial charge in [-0.3, -0.25) is 0 Å². The molecule has 0 amide bonds. The minimum Gasteiger partial charge on any atom is -0.377 e. The Morgan fingerprint density at radius 2 is 1.94 bits per heavy atom. The summed E-state index contributed by atoms with van der Waals surface area (Å²) in [6, 6.07) is 0. The first-order valence-corrected chi connectivity index (χ1v) is 6.51. The molecule has 0 saturated heterocycles. The highest BCUT2D eigenvalue weighted by molar-refractivity contribution is 5.19. The van der Waals surface area contributed by atoms with Crippen LogP contribution in [0.2, 0.25) is 0 Å². The van der Waals surface area contributed by atoms with E-state index in [1.165, 1.54) is 0 Å². The monoisotopic (exact) mass is 254 g/mol. The SMILES string of the molecule is C#C[C@]1(O)[C@H](C)C[C@@H](OC(C)(C)OC)CC1(C)C. The number of ether oxygens (including phenoxy) is 2. The molecule has 3 heteroatoms. The van der Waals surface area contributed by atoms with Gasteiger partial charge in [-0.1, -0.05) is 26.7 Å². The molecule has 0 aliphatic heterocycles. The molecule has 0 bridgehead atoms. The van der Waals surface area contributed by atoms with E-state index in [1.807, 2.05) is 34.6 Å². The zero-order valence-electron chi connectivity index (χ0n) is 12.4. The molecule has 0 spiro atoms. The van der Waals surface area contributed by atoms with Gasteiger partial charge >= 0.3 is 0 Å².